The summed E-state index contributed by atoms with van der Waals surface area (Å²) < 4.78 is 4.70. The third-order valence-corrected chi connectivity index (χ3v) is 3.93. The maximum absolute atomic E-state index is 11.6. The van der Waals surface area contributed by atoms with Gasteiger partial charge in [-0.25, -0.2) is 0 Å². The lowest BCUT2D eigenvalue weighted by Gasteiger charge is -1.91. The number of nitrogens with zero attached hydrogens (tertiary/aromatic N) is 2. The fraction of sp³-hybridized carbons (Fsp3) is 0.125. The fourth-order valence-electron chi connectivity index (χ4n) is 0.982. The fourth-order valence-corrected chi connectivity index (χ4v) is 2.91. The normalized spacial score (nSPS) is 10.4. The highest BCUT2D eigenvalue weighted by Gasteiger charge is 2.10. The molecule has 0 amide bonds. The molecule has 0 spiro atoms. The third kappa shape index (κ3) is 2.26. The van der Waals surface area contributed by atoms with Crippen LogP contribution in [0, 0.1) is 0 Å². The van der Waals surface area contributed by atoms with Crippen molar-refractivity contribution >= 4 is 44.6 Å². The lowest BCUT2D eigenvalue weighted by atomic mass is 10.2. The highest BCUT2D eigenvalue weighted by Crippen LogP contribution is 2.23. The first kappa shape index (κ1) is 9.95. The number of carbonyl (C=O) groups is 1. The van der Waals surface area contributed by atoms with Gasteiger partial charge in [-0.3, -0.25) is 4.79 Å². The first-order valence-electron chi connectivity index (χ1n) is 3.80. The zero-order valence-electron chi connectivity index (χ0n) is 6.94. The molecule has 14 heavy (non-hydrogen) atoms. The number of rotatable bonds is 3. The van der Waals surface area contributed by atoms with E-state index in [2.05, 4.69) is 25.5 Å². The van der Waals surface area contributed by atoms with Crippen molar-refractivity contribution in [3.63, 3.8) is 0 Å². The molecule has 6 heteroatoms. The topological polar surface area (TPSA) is 42.9 Å². The number of thiophene rings is 1. The van der Waals surface area contributed by atoms with Crippen LogP contribution in [0.2, 0.25) is 0 Å². The van der Waals surface area contributed by atoms with E-state index in [-0.39, 0.29) is 5.78 Å². The maximum atomic E-state index is 11.6. The molecule has 0 radical (unpaired) electrons. The second-order valence-corrected chi connectivity index (χ2v) is 5.92. The second kappa shape index (κ2) is 4.29. The molecule has 72 valence electrons. The van der Waals surface area contributed by atoms with Gasteiger partial charge >= 0.3 is 0 Å². The number of hydrogen-bond acceptors (Lipinski definition) is 5. The van der Waals surface area contributed by atoms with Crippen LogP contribution >= 0.6 is 38.8 Å². The molecule has 0 fully saturated rings. The molecule has 0 unspecified atom stereocenters. The van der Waals surface area contributed by atoms with E-state index in [4.69, 9.17) is 0 Å². The van der Waals surface area contributed by atoms with Gasteiger partial charge in [-0.1, -0.05) is 4.49 Å². The Morgan fingerprint density at radius 2 is 2.36 bits per heavy atom. The number of Topliss-reactive ketones (excluding diaryl/α,β-unsaturated/α-hetero) is 1. The second-order valence-electron chi connectivity index (χ2n) is 2.59. The number of aromatic nitrogens is 2. The molecule has 0 atom stereocenters. The van der Waals surface area contributed by atoms with Gasteiger partial charge in [0.2, 0.25) is 0 Å². The van der Waals surface area contributed by atoms with E-state index in [0.717, 1.165) is 20.2 Å². The number of hydrogen-bond donors (Lipinski definition) is 0. The van der Waals surface area contributed by atoms with Crippen molar-refractivity contribution in [2.24, 2.45) is 0 Å². The first-order valence-corrected chi connectivity index (χ1v) is 6.19. The molecule has 0 aromatic carbocycles. The quantitative estimate of drug-likeness (QED) is 0.816. The minimum atomic E-state index is 0.0781. The van der Waals surface area contributed by atoms with E-state index >= 15 is 0 Å². The summed E-state index contributed by atoms with van der Waals surface area (Å²) in [6.07, 6.45) is 1.94. The predicted octanol–water partition coefficient (Wildman–Crippen LogP) is 2.79. The van der Waals surface area contributed by atoms with Crippen LogP contribution in [0.3, 0.4) is 0 Å². The maximum Gasteiger partial charge on any atom is 0.181 e. The number of ketones is 1. The average Bonchev–Trinajstić information content (AvgIpc) is 2.75. The molecular weight excluding hydrogens is 284 g/mol. The van der Waals surface area contributed by atoms with Crippen LogP contribution in [0.25, 0.3) is 0 Å². The van der Waals surface area contributed by atoms with Crippen LogP contribution in [0.1, 0.15) is 14.5 Å². The first-order chi connectivity index (χ1) is 6.75. The summed E-state index contributed by atoms with van der Waals surface area (Å²) in [5.41, 5.74) is 0. The number of carbonyl (C=O) groups excluding carboxylic acids is 1. The van der Waals surface area contributed by atoms with Crippen LogP contribution in [0.5, 0.6) is 0 Å². The summed E-state index contributed by atoms with van der Waals surface area (Å²) in [7, 11) is 0. The van der Waals surface area contributed by atoms with E-state index in [1.807, 2.05) is 12.1 Å². The Morgan fingerprint density at radius 3 is 2.93 bits per heavy atom. The Hall–Kier alpha value is -0.590. The summed E-state index contributed by atoms with van der Waals surface area (Å²) in [4.78, 5) is 13.3. The minimum absolute atomic E-state index is 0.0781. The lowest BCUT2D eigenvalue weighted by Crippen LogP contribution is -1.98. The number of halogens is 1. The summed E-state index contributed by atoms with van der Waals surface area (Å²) in [6.45, 7) is 0. The average molecular weight is 289 g/mol. The van der Waals surface area contributed by atoms with E-state index in [1.165, 1.54) is 6.20 Å². The molecule has 0 aliphatic rings. The zero-order chi connectivity index (χ0) is 9.97. The van der Waals surface area contributed by atoms with Crippen molar-refractivity contribution in [1.82, 2.24) is 9.59 Å². The molecule has 0 bridgehead atoms. The highest BCUT2D eigenvalue weighted by atomic mass is 79.9. The summed E-state index contributed by atoms with van der Waals surface area (Å²) in [5, 5.41) is 3.63. The standard InChI is InChI=1S/C8H5BrN2OS2/c9-8-2-1-5(13-8)3-6(12)7-4-10-11-14-7/h1-2,4H,3H2. The molecule has 3 nitrogen and oxygen atoms in total. The predicted molar refractivity (Wildman–Crippen MR) is 60.0 cm³/mol. The molecule has 0 N–H and O–H groups in total. The Kier molecular flexibility index (Phi) is 3.05. The van der Waals surface area contributed by atoms with Crippen LogP contribution in [0.15, 0.2) is 22.1 Å². The van der Waals surface area contributed by atoms with Crippen LogP contribution in [-0.2, 0) is 6.42 Å². The molecule has 0 saturated heterocycles. The van der Waals surface area contributed by atoms with Gasteiger partial charge in [0.1, 0.15) is 4.88 Å². The Morgan fingerprint density at radius 1 is 1.50 bits per heavy atom. The highest BCUT2D eigenvalue weighted by molar-refractivity contribution is 9.11. The van der Waals surface area contributed by atoms with Gasteiger partial charge in [0.05, 0.1) is 9.98 Å². The third-order valence-electron chi connectivity index (χ3n) is 1.60. The Bertz CT molecular complexity index is 438. The molecule has 2 heterocycles. The van der Waals surface area contributed by atoms with Gasteiger partial charge < -0.3 is 0 Å². The van der Waals surface area contributed by atoms with Crippen LogP contribution in [0.4, 0.5) is 0 Å². The summed E-state index contributed by atoms with van der Waals surface area (Å²) in [6, 6.07) is 3.89. The van der Waals surface area contributed by atoms with Crippen LogP contribution < -0.4 is 0 Å². The van der Waals surface area contributed by atoms with Gasteiger partial charge in [0, 0.05) is 11.3 Å². The molecule has 0 aliphatic heterocycles. The largest absolute Gasteiger partial charge is 0.293 e. The SMILES string of the molecule is O=C(Cc1ccc(Br)s1)c1cnns1. The molecule has 0 saturated carbocycles. The van der Waals surface area contributed by atoms with Gasteiger partial charge in [-0.2, -0.15) is 0 Å². The van der Waals surface area contributed by atoms with Crippen molar-refractivity contribution < 1.29 is 4.79 Å². The van der Waals surface area contributed by atoms with Crippen molar-refractivity contribution in [2.45, 2.75) is 6.42 Å². The molecule has 2 aromatic heterocycles. The Labute approximate surface area is 97.1 Å². The van der Waals surface area contributed by atoms with E-state index in [9.17, 15) is 4.79 Å². The molecule has 2 aromatic rings. The van der Waals surface area contributed by atoms with E-state index in [0.29, 0.717) is 11.3 Å². The monoisotopic (exact) mass is 288 g/mol. The lowest BCUT2D eigenvalue weighted by molar-refractivity contribution is 0.0997. The van der Waals surface area contributed by atoms with E-state index in [1.54, 1.807) is 11.3 Å². The van der Waals surface area contributed by atoms with Crippen molar-refractivity contribution in [3.8, 4) is 0 Å². The minimum Gasteiger partial charge on any atom is -0.293 e. The smallest absolute Gasteiger partial charge is 0.181 e. The molecular formula is C8H5BrN2OS2. The van der Waals surface area contributed by atoms with Gasteiger partial charge in [-0.15, -0.1) is 16.4 Å². The Balaban J connectivity index is 2.09. The van der Waals surface area contributed by atoms with Gasteiger partial charge in [0.15, 0.2) is 5.78 Å². The molecule has 0 aliphatic carbocycles. The van der Waals surface area contributed by atoms with Gasteiger partial charge in [0.25, 0.3) is 0 Å². The molecule has 2 rings (SSSR count). The van der Waals surface area contributed by atoms with Gasteiger partial charge in [-0.05, 0) is 39.6 Å². The zero-order valence-corrected chi connectivity index (χ0v) is 10.2. The summed E-state index contributed by atoms with van der Waals surface area (Å²) >= 11 is 6.07. The van der Waals surface area contributed by atoms with Crippen molar-refractivity contribution in [1.29, 1.82) is 0 Å². The van der Waals surface area contributed by atoms with E-state index < -0.39 is 0 Å². The van der Waals surface area contributed by atoms with Crippen molar-refractivity contribution in [3.05, 3.63) is 31.9 Å². The summed E-state index contributed by atoms with van der Waals surface area (Å²) in [5.74, 6) is 0.0781. The van der Waals surface area contributed by atoms with Crippen molar-refractivity contribution in [2.75, 3.05) is 0 Å². The van der Waals surface area contributed by atoms with Crippen LogP contribution in [-0.4, -0.2) is 15.4 Å².